The van der Waals surface area contributed by atoms with E-state index in [-0.39, 0.29) is 10.8 Å². The third kappa shape index (κ3) is 3.74. The molecule has 9 heteroatoms. The van der Waals surface area contributed by atoms with Gasteiger partial charge in [-0.2, -0.15) is 13.5 Å². The number of benzene rings is 2. The van der Waals surface area contributed by atoms with E-state index in [1.54, 1.807) is 36.5 Å². The summed E-state index contributed by atoms with van der Waals surface area (Å²) in [7, 11) is -3.69. The molecule has 0 fully saturated rings. The lowest BCUT2D eigenvalue weighted by molar-refractivity contribution is 0.554. The SMILES string of the molecule is Cc1csc(NN=Cc2ccc(OC3=NS(=O)(=O)c4ccccc43)cc2)n1. The number of hydrogen-bond donors (Lipinski definition) is 1. The summed E-state index contributed by atoms with van der Waals surface area (Å²) in [4.78, 5) is 4.41. The summed E-state index contributed by atoms with van der Waals surface area (Å²) in [5, 5.41) is 6.80. The summed E-state index contributed by atoms with van der Waals surface area (Å²) in [5.41, 5.74) is 5.12. The van der Waals surface area contributed by atoms with E-state index in [0.717, 1.165) is 16.4 Å². The number of rotatable bonds is 4. The van der Waals surface area contributed by atoms with Crippen LogP contribution < -0.4 is 10.2 Å². The second-order valence-electron chi connectivity index (χ2n) is 5.70. The van der Waals surface area contributed by atoms with E-state index in [1.807, 2.05) is 24.4 Å². The number of hydrogen-bond acceptors (Lipinski definition) is 7. The highest BCUT2D eigenvalue weighted by Crippen LogP contribution is 2.27. The molecular weight excluding hydrogens is 384 g/mol. The number of anilines is 1. The van der Waals surface area contributed by atoms with Gasteiger partial charge in [-0.05, 0) is 48.9 Å². The molecule has 1 aromatic heterocycles. The van der Waals surface area contributed by atoms with Gasteiger partial charge in [-0.3, -0.25) is 5.43 Å². The second-order valence-corrected chi connectivity index (χ2v) is 8.13. The minimum absolute atomic E-state index is 0.0767. The van der Waals surface area contributed by atoms with Gasteiger partial charge >= 0.3 is 0 Å². The number of nitrogens with zero attached hydrogens (tertiary/aromatic N) is 3. The first kappa shape index (κ1) is 17.4. The average Bonchev–Trinajstić information content (AvgIpc) is 3.18. The molecule has 0 aliphatic carbocycles. The second kappa shape index (κ2) is 6.93. The zero-order valence-corrected chi connectivity index (χ0v) is 15.8. The van der Waals surface area contributed by atoms with Gasteiger partial charge in [0.05, 0.1) is 17.5 Å². The van der Waals surface area contributed by atoms with Crippen LogP contribution in [-0.4, -0.2) is 25.5 Å². The first-order chi connectivity index (χ1) is 13.0. The van der Waals surface area contributed by atoms with Crippen molar-refractivity contribution >= 4 is 38.6 Å². The van der Waals surface area contributed by atoms with Crippen LogP contribution in [0.5, 0.6) is 5.75 Å². The Balaban J connectivity index is 1.46. The molecular formula is C18H14N4O3S2. The fourth-order valence-electron chi connectivity index (χ4n) is 2.45. The van der Waals surface area contributed by atoms with Crippen LogP contribution in [0, 0.1) is 6.92 Å². The fourth-order valence-corrected chi connectivity index (χ4v) is 4.22. The van der Waals surface area contributed by atoms with Crippen molar-refractivity contribution in [1.29, 1.82) is 0 Å². The van der Waals surface area contributed by atoms with Gasteiger partial charge in [-0.15, -0.1) is 15.7 Å². The van der Waals surface area contributed by atoms with Crippen molar-refractivity contribution < 1.29 is 13.2 Å². The highest BCUT2D eigenvalue weighted by Gasteiger charge is 2.29. The number of ether oxygens (including phenoxy) is 1. The standard InChI is InChI=1S/C18H14N4O3S2/c1-12-11-26-18(20-12)21-19-10-13-6-8-14(9-7-13)25-17-15-4-2-3-5-16(15)27(23,24)22-17/h2-11H,1H3,(H,20,21). The van der Waals surface area contributed by atoms with Gasteiger partial charge in [0, 0.05) is 5.38 Å². The van der Waals surface area contributed by atoms with Crippen LogP contribution in [0.15, 0.2) is 68.3 Å². The van der Waals surface area contributed by atoms with E-state index in [0.29, 0.717) is 11.3 Å². The lowest BCUT2D eigenvalue weighted by Gasteiger charge is -2.05. The number of aromatic nitrogens is 1. The lowest BCUT2D eigenvalue weighted by Crippen LogP contribution is -2.07. The Morgan fingerprint density at radius 3 is 2.67 bits per heavy atom. The predicted octanol–water partition coefficient (Wildman–Crippen LogP) is 3.43. The van der Waals surface area contributed by atoms with Gasteiger partial charge in [-0.1, -0.05) is 12.1 Å². The molecule has 3 aromatic rings. The summed E-state index contributed by atoms with van der Waals surface area (Å²) < 4.78 is 33.5. The van der Waals surface area contributed by atoms with Gasteiger partial charge in [0.15, 0.2) is 0 Å². The molecule has 0 atom stereocenters. The van der Waals surface area contributed by atoms with E-state index < -0.39 is 10.0 Å². The molecule has 0 spiro atoms. The van der Waals surface area contributed by atoms with Crippen molar-refractivity contribution in [3.05, 3.63) is 70.7 Å². The van der Waals surface area contributed by atoms with Gasteiger partial charge in [0.1, 0.15) is 10.6 Å². The topological polar surface area (TPSA) is 93.0 Å². The normalized spacial score (nSPS) is 14.8. The average molecular weight is 398 g/mol. The summed E-state index contributed by atoms with van der Waals surface area (Å²) in [6.07, 6.45) is 1.66. The molecule has 136 valence electrons. The highest BCUT2D eigenvalue weighted by molar-refractivity contribution is 7.90. The maximum absolute atomic E-state index is 12.0. The molecule has 1 aliphatic heterocycles. The minimum atomic E-state index is -3.69. The Bertz CT molecular complexity index is 1150. The molecule has 2 heterocycles. The first-order valence-corrected chi connectivity index (χ1v) is 10.3. The summed E-state index contributed by atoms with van der Waals surface area (Å²) in [5.74, 6) is 0.564. The zero-order chi connectivity index (χ0) is 18.9. The highest BCUT2D eigenvalue weighted by atomic mass is 32.2. The number of aryl methyl sites for hydroxylation is 1. The Kier molecular flexibility index (Phi) is 4.46. The summed E-state index contributed by atoms with van der Waals surface area (Å²) in [6.45, 7) is 1.92. The van der Waals surface area contributed by atoms with Crippen LogP contribution in [0.25, 0.3) is 0 Å². The third-order valence-electron chi connectivity index (χ3n) is 3.69. The van der Waals surface area contributed by atoms with Crippen molar-refractivity contribution in [1.82, 2.24) is 4.98 Å². The molecule has 27 heavy (non-hydrogen) atoms. The predicted molar refractivity (Wildman–Crippen MR) is 105 cm³/mol. The monoisotopic (exact) mass is 398 g/mol. The molecule has 0 bridgehead atoms. The third-order valence-corrected chi connectivity index (χ3v) is 5.87. The van der Waals surface area contributed by atoms with Crippen molar-refractivity contribution in [2.75, 3.05) is 5.43 Å². The largest absolute Gasteiger partial charge is 0.438 e. The first-order valence-electron chi connectivity index (χ1n) is 7.95. The molecule has 0 amide bonds. The summed E-state index contributed by atoms with van der Waals surface area (Å²) >= 11 is 1.48. The quantitative estimate of drug-likeness (QED) is 0.537. The van der Waals surface area contributed by atoms with Crippen LogP contribution in [0.2, 0.25) is 0 Å². The van der Waals surface area contributed by atoms with Crippen LogP contribution in [-0.2, 0) is 10.0 Å². The maximum Gasteiger partial charge on any atom is 0.286 e. The van der Waals surface area contributed by atoms with E-state index in [1.165, 1.54) is 17.4 Å². The van der Waals surface area contributed by atoms with Crippen molar-refractivity contribution in [3.63, 3.8) is 0 Å². The Hall–Kier alpha value is -3.04. The summed E-state index contributed by atoms with van der Waals surface area (Å²) in [6, 6.07) is 13.7. The number of thiazole rings is 1. The maximum atomic E-state index is 12.0. The van der Waals surface area contributed by atoms with E-state index in [9.17, 15) is 8.42 Å². The van der Waals surface area contributed by atoms with Gasteiger partial charge in [-0.25, -0.2) is 4.98 Å². The van der Waals surface area contributed by atoms with Gasteiger partial charge in [0.25, 0.3) is 10.0 Å². The molecule has 0 radical (unpaired) electrons. The molecule has 0 unspecified atom stereocenters. The van der Waals surface area contributed by atoms with Crippen LogP contribution >= 0.6 is 11.3 Å². The molecule has 2 aromatic carbocycles. The van der Waals surface area contributed by atoms with Crippen LogP contribution in [0.3, 0.4) is 0 Å². The molecule has 1 N–H and O–H groups in total. The van der Waals surface area contributed by atoms with Gasteiger partial charge < -0.3 is 4.74 Å². The molecule has 4 rings (SSSR count). The van der Waals surface area contributed by atoms with E-state index in [4.69, 9.17) is 4.74 Å². The number of hydrazone groups is 1. The Morgan fingerprint density at radius 1 is 1.15 bits per heavy atom. The zero-order valence-electron chi connectivity index (χ0n) is 14.2. The van der Waals surface area contributed by atoms with E-state index >= 15 is 0 Å². The fraction of sp³-hybridized carbons (Fsp3) is 0.0556. The van der Waals surface area contributed by atoms with Crippen molar-refractivity contribution in [3.8, 4) is 5.75 Å². The van der Waals surface area contributed by atoms with Crippen molar-refractivity contribution in [2.45, 2.75) is 11.8 Å². The molecule has 1 aliphatic rings. The Labute approximate surface area is 160 Å². The van der Waals surface area contributed by atoms with Crippen LogP contribution in [0.4, 0.5) is 5.13 Å². The van der Waals surface area contributed by atoms with Crippen LogP contribution in [0.1, 0.15) is 16.8 Å². The van der Waals surface area contributed by atoms with Gasteiger partial charge in [0.2, 0.25) is 11.0 Å². The molecule has 7 nitrogen and oxygen atoms in total. The number of sulfonamides is 1. The number of nitrogens with one attached hydrogen (secondary N) is 1. The lowest BCUT2D eigenvalue weighted by atomic mass is 10.2. The molecule has 0 saturated carbocycles. The van der Waals surface area contributed by atoms with E-state index in [2.05, 4.69) is 19.9 Å². The minimum Gasteiger partial charge on any atom is -0.438 e. The Morgan fingerprint density at radius 2 is 1.93 bits per heavy atom. The van der Waals surface area contributed by atoms with Crippen molar-refractivity contribution in [2.24, 2.45) is 9.50 Å². The number of fused-ring (bicyclic) bond motifs is 1. The molecule has 0 saturated heterocycles. The smallest absolute Gasteiger partial charge is 0.286 e.